The van der Waals surface area contributed by atoms with Crippen molar-refractivity contribution in [2.45, 2.75) is 25.3 Å². The third-order valence-electron chi connectivity index (χ3n) is 5.11. The summed E-state index contributed by atoms with van der Waals surface area (Å²) in [5.74, 6) is 0. The SMILES string of the molecule is CN1C=CC=CC1c1ccc2c(c1)C(C)(C)c1ccccc1-2. The van der Waals surface area contributed by atoms with Gasteiger partial charge in [0.05, 0.1) is 6.04 Å². The molecule has 4 rings (SSSR count). The molecule has 1 atom stereocenters. The van der Waals surface area contributed by atoms with Gasteiger partial charge in [0.1, 0.15) is 0 Å². The fourth-order valence-corrected chi connectivity index (χ4v) is 3.84. The molecule has 1 aliphatic carbocycles. The molecule has 0 spiro atoms. The van der Waals surface area contributed by atoms with Crippen molar-refractivity contribution < 1.29 is 0 Å². The maximum atomic E-state index is 2.40. The van der Waals surface area contributed by atoms with Gasteiger partial charge in [-0.2, -0.15) is 0 Å². The van der Waals surface area contributed by atoms with E-state index in [-0.39, 0.29) is 5.41 Å². The quantitative estimate of drug-likeness (QED) is 0.709. The highest BCUT2D eigenvalue weighted by Gasteiger charge is 2.35. The highest BCUT2D eigenvalue weighted by atomic mass is 15.1. The van der Waals surface area contributed by atoms with Crippen LogP contribution < -0.4 is 0 Å². The van der Waals surface area contributed by atoms with Gasteiger partial charge in [0.15, 0.2) is 0 Å². The third kappa shape index (κ3) is 1.78. The molecule has 0 saturated carbocycles. The minimum absolute atomic E-state index is 0.0781. The molecular weight excluding hydrogens is 266 g/mol. The summed E-state index contributed by atoms with van der Waals surface area (Å²) in [6, 6.07) is 16.1. The smallest absolute Gasteiger partial charge is 0.0721 e. The van der Waals surface area contributed by atoms with E-state index in [1.807, 2.05) is 0 Å². The van der Waals surface area contributed by atoms with Crippen molar-refractivity contribution in [1.82, 2.24) is 4.90 Å². The Bertz CT molecular complexity index is 795. The number of rotatable bonds is 1. The summed E-state index contributed by atoms with van der Waals surface area (Å²) < 4.78 is 0. The summed E-state index contributed by atoms with van der Waals surface area (Å²) in [6.45, 7) is 4.67. The normalized spacial score (nSPS) is 20.9. The van der Waals surface area contributed by atoms with Gasteiger partial charge in [-0.3, -0.25) is 0 Å². The molecule has 22 heavy (non-hydrogen) atoms. The minimum Gasteiger partial charge on any atom is -0.370 e. The van der Waals surface area contributed by atoms with Gasteiger partial charge >= 0.3 is 0 Å². The molecule has 1 nitrogen and oxygen atoms in total. The highest BCUT2D eigenvalue weighted by Crippen LogP contribution is 2.49. The van der Waals surface area contributed by atoms with E-state index in [0.717, 1.165) is 0 Å². The van der Waals surface area contributed by atoms with Gasteiger partial charge in [-0.15, -0.1) is 0 Å². The average Bonchev–Trinajstić information content (AvgIpc) is 2.76. The number of likely N-dealkylation sites (N-methyl/N-ethyl adjacent to an activating group) is 1. The predicted molar refractivity (Wildman–Crippen MR) is 92.8 cm³/mol. The molecule has 0 N–H and O–H groups in total. The van der Waals surface area contributed by atoms with E-state index < -0.39 is 0 Å². The summed E-state index contributed by atoms with van der Waals surface area (Å²) in [7, 11) is 2.14. The summed E-state index contributed by atoms with van der Waals surface area (Å²) >= 11 is 0. The second kappa shape index (κ2) is 4.61. The molecule has 1 aliphatic heterocycles. The maximum Gasteiger partial charge on any atom is 0.0721 e. The second-order valence-electron chi connectivity index (χ2n) is 6.81. The van der Waals surface area contributed by atoms with E-state index in [2.05, 4.69) is 92.7 Å². The van der Waals surface area contributed by atoms with Gasteiger partial charge in [0, 0.05) is 12.5 Å². The lowest BCUT2D eigenvalue weighted by Gasteiger charge is -2.28. The first kappa shape index (κ1) is 13.4. The van der Waals surface area contributed by atoms with Crippen LogP contribution in [0.15, 0.2) is 66.9 Å². The Morgan fingerprint density at radius 1 is 0.909 bits per heavy atom. The Morgan fingerprint density at radius 2 is 1.68 bits per heavy atom. The number of fused-ring (bicyclic) bond motifs is 3. The van der Waals surface area contributed by atoms with Crippen molar-refractivity contribution in [3.8, 4) is 11.1 Å². The van der Waals surface area contributed by atoms with Gasteiger partial charge < -0.3 is 4.90 Å². The average molecular weight is 287 g/mol. The van der Waals surface area contributed by atoms with Crippen LogP contribution in [0.2, 0.25) is 0 Å². The number of nitrogens with zero attached hydrogens (tertiary/aromatic N) is 1. The molecule has 1 unspecified atom stereocenters. The maximum absolute atomic E-state index is 2.40. The molecule has 0 aromatic heterocycles. The van der Waals surface area contributed by atoms with Crippen molar-refractivity contribution in [1.29, 1.82) is 0 Å². The van der Waals surface area contributed by atoms with Crippen molar-refractivity contribution >= 4 is 0 Å². The largest absolute Gasteiger partial charge is 0.370 e. The first-order valence-electron chi connectivity index (χ1n) is 7.90. The predicted octanol–water partition coefficient (Wildman–Crippen LogP) is 5.05. The summed E-state index contributed by atoms with van der Waals surface area (Å²) in [5.41, 5.74) is 7.11. The number of benzene rings is 2. The van der Waals surface area contributed by atoms with Gasteiger partial charge in [-0.25, -0.2) is 0 Å². The van der Waals surface area contributed by atoms with Gasteiger partial charge in [0.25, 0.3) is 0 Å². The van der Waals surface area contributed by atoms with Crippen LogP contribution in [0.3, 0.4) is 0 Å². The molecule has 0 bridgehead atoms. The Kier molecular flexibility index (Phi) is 2.80. The summed E-state index contributed by atoms with van der Waals surface area (Å²) in [4.78, 5) is 2.26. The van der Waals surface area contributed by atoms with Crippen LogP contribution in [0.4, 0.5) is 0 Å². The molecule has 1 heterocycles. The second-order valence-corrected chi connectivity index (χ2v) is 6.81. The first-order chi connectivity index (χ1) is 10.6. The Hall–Kier alpha value is -2.28. The van der Waals surface area contributed by atoms with Crippen LogP contribution in [0.25, 0.3) is 11.1 Å². The molecule has 1 heteroatoms. The zero-order valence-corrected chi connectivity index (χ0v) is 13.4. The highest BCUT2D eigenvalue weighted by molar-refractivity contribution is 5.81. The number of hydrogen-bond donors (Lipinski definition) is 0. The molecule has 110 valence electrons. The lowest BCUT2D eigenvalue weighted by Crippen LogP contribution is -2.20. The van der Waals surface area contributed by atoms with E-state index in [1.165, 1.54) is 27.8 Å². The van der Waals surface area contributed by atoms with Crippen molar-refractivity contribution in [2.24, 2.45) is 0 Å². The zero-order chi connectivity index (χ0) is 15.3. The standard InChI is InChI=1S/C21H21N/c1-21(2)18-9-5-4-8-16(18)17-12-11-15(14-19(17)21)20-10-6-7-13-22(20)3/h4-14,20H,1-3H3. The molecule has 0 radical (unpaired) electrons. The molecular formula is C21H21N. The molecule has 0 fully saturated rings. The number of allylic oxidation sites excluding steroid dienone is 2. The molecule has 2 aromatic rings. The van der Waals surface area contributed by atoms with Crippen LogP contribution in [0.5, 0.6) is 0 Å². The Balaban J connectivity index is 1.86. The van der Waals surface area contributed by atoms with E-state index in [4.69, 9.17) is 0 Å². The minimum atomic E-state index is 0.0781. The molecule has 0 saturated heterocycles. The topological polar surface area (TPSA) is 3.24 Å². The van der Waals surface area contributed by atoms with Crippen LogP contribution in [0, 0.1) is 0 Å². The van der Waals surface area contributed by atoms with Crippen molar-refractivity contribution in [3.63, 3.8) is 0 Å². The van der Waals surface area contributed by atoms with Crippen LogP contribution in [-0.4, -0.2) is 11.9 Å². The van der Waals surface area contributed by atoms with E-state index in [1.54, 1.807) is 0 Å². The van der Waals surface area contributed by atoms with Crippen molar-refractivity contribution in [3.05, 3.63) is 83.6 Å². The molecule has 2 aliphatic rings. The van der Waals surface area contributed by atoms with E-state index in [0.29, 0.717) is 6.04 Å². The molecule has 0 amide bonds. The lowest BCUT2D eigenvalue weighted by atomic mass is 9.81. The van der Waals surface area contributed by atoms with Gasteiger partial charge in [-0.1, -0.05) is 68.5 Å². The van der Waals surface area contributed by atoms with Crippen LogP contribution in [0.1, 0.15) is 36.6 Å². The van der Waals surface area contributed by atoms with Gasteiger partial charge in [0.2, 0.25) is 0 Å². The summed E-state index contributed by atoms with van der Waals surface area (Å²) in [5, 5.41) is 0. The van der Waals surface area contributed by atoms with Crippen LogP contribution in [-0.2, 0) is 5.41 Å². The number of hydrogen-bond acceptors (Lipinski definition) is 1. The summed E-state index contributed by atoms with van der Waals surface area (Å²) in [6.07, 6.45) is 8.62. The van der Waals surface area contributed by atoms with E-state index >= 15 is 0 Å². The fraction of sp³-hybridized carbons (Fsp3) is 0.238. The molecule has 2 aromatic carbocycles. The lowest BCUT2D eigenvalue weighted by molar-refractivity contribution is 0.389. The van der Waals surface area contributed by atoms with Gasteiger partial charge in [-0.05, 0) is 40.1 Å². The Morgan fingerprint density at radius 3 is 2.50 bits per heavy atom. The van der Waals surface area contributed by atoms with Crippen LogP contribution >= 0.6 is 0 Å². The first-order valence-corrected chi connectivity index (χ1v) is 7.90. The third-order valence-corrected chi connectivity index (χ3v) is 5.11. The Labute approximate surface area is 132 Å². The van der Waals surface area contributed by atoms with E-state index in [9.17, 15) is 0 Å². The zero-order valence-electron chi connectivity index (χ0n) is 13.4. The monoisotopic (exact) mass is 287 g/mol. The van der Waals surface area contributed by atoms with Crippen molar-refractivity contribution in [2.75, 3.05) is 7.05 Å². The fourth-order valence-electron chi connectivity index (χ4n) is 3.84.